The molecule has 0 unspecified atom stereocenters. The second-order valence-corrected chi connectivity index (χ2v) is 4.51. The lowest BCUT2D eigenvalue weighted by Crippen LogP contribution is -2.55. The van der Waals surface area contributed by atoms with Crippen molar-refractivity contribution in [3.05, 3.63) is 29.3 Å². The smallest absolute Gasteiger partial charge is 0.328 e. The van der Waals surface area contributed by atoms with Gasteiger partial charge in [0.05, 0.1) is 14.2 Å². The lowest BCUT2D eigenvalue weighted by atomic mass is 10.0. The first-order valence-electron chi connectivity index (χ1n) is 6.12. The minimum atomic E-state index is -0.454. The number of rotatable bonds is 3. The summed E-state index contributed by atoms with van der Waals surface area (Å²) in [6.07, 6.45) is 0.654. The van der Waals surface area contributed by atoms with Crippen LogP contribution in [0.5, 0.6) is 5.75 Å². The fourth-order valence-corrected chi connectivity index (χ4v) is 2.13. The number of amides is 1. The summed E-state index contributed by atoms with van der Waals surface area (Å²) in [7, 11) is 2.90. The molecule has 0 N–H and O–H groups in total. The van der Waals surface area contributed by atoms with Crippen LogP contribution in [0.25, 0.3) is 0 Å². The maximum atomic E-state index is 12.3. The van der Waals surface area contributed by atoms with E-state index in [1.54, 1.807) is 19.2 Å². The zero-order chi connectivity index (χ0) is 14.0. The van der Waals surface area contributed by atoms with Crippen molar-refractivity contribution >= 4 is 11.9 Å². The highest BCUT2D eigenvalue weighted by Crippen LogP contribution is 2.25. The van der Waals surface area contributed by atoms with Crippen molar-refractivity contribution in [3.63, 3.8) is 0 Å². The first kappa shape index (κ1) is 13.4. The van der Waals surface area contributed by atoms with Gasteiger partial charge in [-0.25, -0.2) is 4.79 Å². The normalized spacial score (nSPS) is 17.6. The van der Waals surface area contributed by atoms with E-state index < -0.39 is 6.04 Å². The van der Waals surface area contributed by atoms with Gasteiger partial charge in [0.2, 0.25) is 0 Å². The summed E-state index contributed by atoms with van der Waals surface area (Å²) in [4.78, 5) is 25.3. The summed E-state index contributed by atoms with van der Waals surface area (Å²) < 4.78 is 9.88. The molecule has 1 aromatic rings. The highest BCUT2D eigenvalue weighted by atomic mass is 16.5. The van der Waals surface area contributed by atoms with Gasteiger partial charge in [-0.2, -0.15) is 0 Å². The van der Waals surface area contributed by atoms with E-state index in [4.69, 9.17) is 4.74 Å². The van der Waals surface area contributed by atoms with Gasteiger partial charge in [-0.05, 0) is 31.0 Å². The molecule has 1 aromatic carbocycles. The van der Waals surface area contributed by atoms with E-state index in [0.29, 0.717) is 24.3 Å². The zero-order valence-electron chi connectivity index (χ0n) is 11.3. The van der Waals surface area contributed by atoms with Gasteiger partial charge in [-0.15, -0.1) is 0 Å². The second kappa shape index (κ2) is 5.30. The summed E-state index contributed by atoms with van der Waals surface area (Å²) >= 11 is 0. The Morgan fingerprint density at radius 2 is 2.05 bits per heavy atom. The van der Waals surface area contributed by atoms with Gasteiger partial charge in [-0.3, -0.25) is 4.79 Å². The molecule has 1 aliphatic heterocycles. The van der Waals surface area contributed by atoms with Gasteiger partial charge >= 0.3 is 5.97 Å². The Kier molecular flexibility index (Phi) is 3.74. The maximum absolute atomic E-state index is 12.3. The molecule has 0 saturated carbocycles. The van der Waals surface area contributed by atoms with Crippen LogP contribution in [-0.4, -0.2) is 43.6 Å². The van der Waals surface area contributed by atoms with Gasteiger partial charge in [0.25, 0.3) is 5.91 Å². The summed E-state index contributed by atoms with van der Waals surface area (Å²) in [5, 5.41) is 0. The van der Waals surface area contributed by atoms with Crippen LogP contribution in [0.4, 0.5) is 0 Å². The van der Waals surface area contributed by atoms with Gasteiger partial charge in [0.15, 0.2) is 0 Å². The minimum absolute atomic E-state index is 0.167. The van der Waals surface area contributed by atoms with Crippen molar-refractivity contribution in [1.82, 2.24) is 4.90 Å². The van der Waals surface area contributed by atoms with Gasteiger partial charge < -0.3 is 14.4 Å². The van der Waals surface area contributed by atoms with Crippen LogP contribution in [0.3, 0.4) is 0 Å². The minimum Gasteiger partial charge on any atom is -0.496 e. The largest absolute Gasteiger partial charge is 0.496 e. The van der Waals surface area contributed by atoms with E-state index in [1.165, 1.54) is 12.0 Å². The summed E-state index contributed by atoms with van der Waals surface area (Å²) in [6, 6.07) is 4.82. The fourth-order valence-electron chi connectivity index (χ4n) is 2.13. The molecule has 102 valence electrons. The van der Waals surface area contributed by atoms with Crippen LogP contribution in [0.2, 0.25) is 0 Å². The Bertz CT molecular complexity index is 512. The van der Waals surface area contributed by atoms with Crippen molar-refractivity contribution in [2.75, 3.05) is 20.8 Å². The molecular weight excluding hydrogens is 246 g/mol. The lowest BCUT2D eigenvalue weighted by Gasteiger charge is -2.38. The Balaban J connectivity index is 2.18. The van der Waals surface area contributed by atoms with Crippen molar-refractivity contribution in [3.8, 4) is 5.75 Å². The molecule has 1 atom stereocenters. The number of methoxy groups -OCH3 is 2. The first-order chi connectivity index (χ1) is 9.08. The predicted octanol–water partition coefficient (Wildman–Crippen LogP) is 1.39. The van der Waals surface area contributed by atoms with E-state index in [1.807, 2.05) is 13.0 Å². The molecule has 5 nitrogen and oxygen atoms in total. The van der Waals surface area contributed by atoms with E-state index in [0.717, 1.165) is 5.56 Å². The highest BCUT2D eigenvalue weighted by Gasteiger charge is 2.38. The number of ether oxygens (including phenoxy) is 2. The number of carbonyl (C=O) groups excluding carboxylic acids is 2. The third kappa shape index (κ3) is 2.41. The van der Waals surface area contributed by atoms with Gasteiger partial charge in [0, 0.05) is 12.1 Å². The Morgan fingerprint density at radius 1 is 1.32 bits per heavy atom. The summed E-state index contributed by atoms with van der Waals surface area (Å²) in [5.74, 6) is 0.139. The molecule has 1 saturated heterocycles. The number of nitrogens with zero attached hydrogens (tertiary/aromatic N) is 1. The van der Waals surface area contributed by atoms with Crippen molar-refractivity contribution in [2.24, 2.45) is 0 Å². The van der Waals surface area contributed by atoms with E-state index in [-0.39, 0.29) is 11.9 Å². The third-order valence-corrected chi connectivity index (χ3v) is 3.41. The average molecular weight is 263 g/mol. The number of carbonyl (C=O) groups is 2. The molecule has 5 heteroatoms. The van der Waals surface area contributed by atoms with Crippen LogP contribution in [0.1, 0.15) is 22.3 Å². The molecule has 0 aromatic heterocycles. The van der Waals surface area contributed by atoms with Crippen LogP contribution in [0, 0.1) is 6.92 Å². The number of aryl methyl sites for hydroxylation is 1. The molecule has 1 heterocycles. The molecule has 0 aliphatic carbocycles. The molecule has 2 rings (SSSR count). The van der Waals surface area contributed by atoms with Crippen LogP contribution in [-0.2, 0) is 9.53 Å². The molecule has 0 radical (unpaired) electrons. The van der Waals surface area contributed by atoms with Crippen molar-refractivity contribution < 1.29 is 19.1 Å². The van der Waals surface area contributed by atoms with Gasteiger partial charge in [-0.1, -0.05) is 6.07 Å². The first-order valence-corrected chi connectivity index (χ1v) is 6.12. The predicted molar refractivity (Wildman–Crippen MR) is 69.2 cm³/mol. The molecule has 1 aliphatic rings. The van der Waals surface area contributed by atoms with Gasteiger partial charge in [0.1, 0.15) is 11.8 Å². The SMILES string of the molecule is COC(=O)[C@H]1CCN1C(=O)c1ccc(C)c(OC)c1. The molecule has 1 amide bonds. The van der Waals surface area contributed by atoms with Crippen molar-refractivity contribution in [1.29, 1.82) is 0 Å². The second-order valence-electron chi connectivity index (χ2n) is 4.51. The highest BCUT2D eigenvalue weighted by molar-refractivity contribution is 5.98. The Labute approximate surface area is 112 Å². The average Bonchev–Trinajstić information content (AvgIpc) is 2.37. The van der Waals surface area contributed by atoms with Crippen molar-refractivity contribution in [2.45, 2.75) is 19.4 Å². The topological polar surface area (TPSA) is 55.8 Å². The van der Waals surface area contributed by atoms with E-state index in [2.05, 4.69) is 4.74 Å². The number of benzene rings is 1. The van der Waals surface area contributed by atoms with Crippen LogP contribution in [0.15, 0.2) is 18.2 Å². The lowest BCUT2D eigenvalue weighted by molar-refractivity contribution is -0.149. The van der Waals surface area contributed by atoms with Crippen LogP contribution >= 0.6 is 0 Å². The molecule has 1 fully saturated rings. The number of likely N-dealkylation sites (tertiary alicyclic amines) is 1. The Morgan fingerprint density at radius 3 is 2.58 bits per heavy atom. The number of hydrogen-bond acceptors (Lipinski definition) is 4. The zero-order valence-corrected chi connectivity index (χ0v) is 11.3. The Hall–Kier alpha value is -2.04. The van der Waals surface area contributed by atoms with E-state index >= 15 is 0 Å². The molecule has 0 bridgehead atoms. The van der Waals surface area contributed by atoms with Crippen LogP contribution < -0.4 is 4.74 Å². The third-order valence-electron chi connectivity index (χ3n) is 3.41. The molecule has 0 spiro atoms. The molecule has 19 heavy (non-hydrogen) atoms. The fraction of sp³-hybridized carbons (Fsp3) is 0.429. The summed E-state index contributed by atoms with van der Waals surface area (Å²) in [6.45, 7) is 2.49. The summed E-state index contributed by atoms with van der Waals surface area (Å²) in [5.41, 5.74) is 1.49. The van der Waals surface area contributed by atoms with E-state index in [9.17, 15) is 9.59 Å². The molecular formula is C14H17NO4. The quantitative estimate of drug-likeness (QED) is 0.773. The number of esters is 1. The maximum Gasteiger partial charge on any atom is 0.328 e. The standard InChI is InChI=1S/C14H17NO4/c1-9-4-5-10(8-12(9)18-2)13(16)15-7-6-11(15)14(17)19-3/h4-5,8,11H,6-7H2,1-3H3/t11-/m1/s1. The number of hydrogen-bond donors (Lipinski definition) is 0. The monoisotopic (exact) mass is 263 g/mol.